The number of benzene rings is 2. The second-order valence-electron chi connectivity index (χ2n) is 6.23. The zero-order valence-electron chi connectivity index (χ0n) is 16.0. The smallest absolute Gasteiger partial charge is 0.252 e. The van der Waals surface area contributed by atoms with Gasteiger partial charge in [0, 0.05) is 17.5 Å². The molecule has 29 heavy (non-hydrogen) atoms. The van der Waals surface area contributed by atoms with Crippen LogP contribution in [0.4, 0.5) is 0 Å². The van der Waals surface area contributed by atoms with Crippen LogP contribution in [-0.4, -0.2) is 25.5 Å². The number of methoxy groups -OCH3 is 1. The molecule has 1 aromatic heterocycles. The molecule has 2 N–H and O–H groups in total. The van der Waals surface area contributed by atoms with E-state index in [1.54, 1.807) is 18.6 Å². The number of amides is 2. The van der Waals surface area contributed by atoms with Gasteiger partial charge in [-0.1, -0.05) is 36.4 Å². The first-order chi connectivity index (χ1) is 14.2. The van der Waals surface area contributed by atoms with Crippen molar-refractivity contribution in [1.82, 2.24) is 10.6 Å². The maximum absolute atomic E-state index is 12.0. The topological polar surface area (TPSA) is 76.7 Å². The minimum absolute atomic E-state index is 0.0793. The summed E-state index contributed by atoms with van der Waals surface area (Å²) in [5.74, 6) is 0.702. The van der Waals surface area contributed by atoms with Crippen molar-refractivity contribution in [2.75, 3.05) is 13.7 Å². The third kappa shape index (κ3) is 6.08. The molecular formula is C22H22N2O4S. The number of ether oxygens (including phenoxy) is 2. The first kappa shape index (κ1) is 20.4. The van der Waals surface area contributed by atoms with Gasteiger partial charge >= 0.3 is 0 Å². The zero-order chi connectivity index (χ0) is 20.5. The predicted molar refractivity (Wildman–Crippen MR) is 112 cm³/mol. The number of nitrogens with one attached hydrogen (secondary N) is 2. The van der Waals surface area contributed by atoms with E-state index in [2.05, 4.69) is 10.6 Å². The van der Waals surface area contributed by atoms with Gasteiger partial charge in [0.05, 0.1) is 13.7 Å². The summed E-state index contributed by atoms with van der Waals surface area (Å²) in [5.41, 5.74) is 2.49. The molecule has 0 spiro atoms. The second kappa shape index (κ2) is 10.3. The van der Waals surface area contributed by atoms with Crippen LogP contribution in [0.25, 0.3) is 0 Å². The zero-order valence-corrected chi connectivity index (χ0v) is 16.8. The van der Waals surface area contributed by atoms with Crippen molar-refractivity contribution in [3.8, 4) is 11.5 Å². The lowest BCUT2D eigenvalue weighted by Crippen LogP contribution is -2.36. The maximum atomic E-state index is 12.0. The minimum atomic E-state index is -0.267. The van der Waals surface area contributed by atoms with E-state index in [1.807, 2.05) is 53.9 Å². The molecule has 0 unspecified atom stereocenters. The van der Waals surface area contributed by atoms with E-state index in [1.165, 1.54) is 11.3 Å². The number of rotatable bonds is 9. The first-order valence-electron chi connectivity index (χ1n) is 9.06. The van der Waals surface area contributed by atoms with E-state index in [-0.39, 0.29) is 18.4 Å². The Morgan fingerprint density at radius 1 is 0.966 bits per heavy atom. The van der Waals surface area contributed by atoms with Crippen LogP contribution in [-0.2, 0) is 17.9 Å². The summed E-state index contributed by atoms with van der Waals surface area (Å²) in [6, 6.07) is 17.1. The van der Waals surface area contributed by atoms with Crippen LogP contribution in [0.3, 0.4) is 0 Å². The Morgan fingerprint density at radius 3 is 2.52 bits per heavy atom. The molecule has 2 aromatic carbocycles. The van der Waals surface area contributed by atoms with Crippen molar-refractivity contribution in [2.24, 2.45) is 0 Å². The van der Waals surface area contributed by atoms with Gasteiger partial charge in [0.15, 0.2) is 11.5 Å². The van der Waals surface area contributed by atoms with E-state index in [9.17, 15) is 9.59 Å². The highest BCUT2D eigenvalue weighted by atomic mass is 32.1. The summed E-state index contributed by atoms with van der Waals surface area (Å²) in [4.78, 5) is 23.8. The van der Waals surface area contributed by atoms with Gasteiger partial charge in [0.25, 0.3) is 5.91 Å². The Balaban J connectivity index is 1.49. The number of carbonyl (C=O) groups excluding carboxylic acids is 2. The maximum Gasteiger partial charge on any atom is 0.252 e. The van der Waals surface area contributed by atoms with Gasteiger partial charge < -0.3 is 20.1 Å². The van der Waals surface area contributed by atoms with Crippen LogP contribution < -0.4 is 20.1 Å². The molecule has 150 valence electrons. The molecule has 2 amide bonds. The van der Waals surface area contributed by atoms with Gasteiger partial charge in [0.2, 0.25) is 5.91 Å². The molecule has 7 heteroatoms. The molecule has 0 aliphatic carbocycles. The van der Waals surface area contributed by atoms with Gasteiger partial charge in [-0.15, -0.1) is 0 Å². The summed E-state index contributed by atoms with van der Waals surface area (Å²) in [6.45, 7) is 0.684. The highest BCUT2D eigenvalue weighted by Crippen LogP contribution is 2.28. The molecule has 0 bridgehead atoms. The first-order valence-corrected chi connectivity index (χ1v) is 10.0. The summed E-state index contributed by atoms with van der Waals surface area (Å²) in [6.07, 6.45) is 0. The fourth-order valence-electron chi connectivity index (χ4n) is 2.60. The highest BCUT2D eigenvalue weighted by molar-refractivity contribution is 7.08. The molecule has 0 aliphatic rings. The van der Waals surface area contributed by atoms with Crippen molar-refractivity contribution in [3.05, 3.63) is 82.0 Å². The SMILES string of the molecule is COc1cc(CNC(=O)CNC(=O)c2ccsc2)ccc1OCc1ccccc1. The summed E-state index contributed by atoms with van der Waals surface area (Å²) < 4.78 is 11.2. The predicted octanol–water partition coefficient (Wildman–Crippen LogP) is 3.38. The Bertz CT molecular complexity index is 943. The van der Waals surface area contributed by atoms with Gasteiger partial charge in [-0.2, -0.15) is 11.3 Å². The normalized spacial score (nSPS) is 10.2. The lowest BCUT2D eigenvalue weighted by molar-refractivity contribution is -0.120. The van der Waals surface area contributed by atoms with E-state index in [0.717, 1.165) is 11.1 Å². The summed E-state index contributed by atoms with van der Waals surface area (Å²) >= 11 is 1.43. The molecule has 0 atom stereocenters. The molecule has 0 radical (unpaired) electrons. The third-order valence-electron chi connectivity index (χ3n) is 4.15. The lowest BCUT2D eigenvalue weighted by Gasteiger charge is -2.13. The van der Waals surface area contributed by atoms with Gasteiger partial charge in [-0.3, -0.25) is 9.59 Å². The highest BCUT2D eigenvalue weighted by Gasteiger charge is 2.10. The molecule has 6 nitrogen and oxygen atoms in total. The van der Waals surface area contributed by atoms with Crippen molar-refractivity contribution in [1.29, 1.82) is 0 Å². The molecular weight excluding hydrogens is 388 g/mol. The van der Waals surface area contributed by atoms with E-state index >= 15 is 0 Å². The molecule has 0 fully saturated rings. The Labute approximate surface area is 173 Å². The van der Waals surface area contributed by atoms with Gasteiger partial charge in [-0.05, 0) is 34.7 Å². The average molecular weight is 410 g/mol. The van der Waals surface area contributed by atoms with Crippen LogP contribution in [0.15, 0.2) is 65.4 Å². The Morgan fingerprint density at radius 2 is 1.79 bits per heavy atom. The average Bonchev–Trinajstić information content (AvgIpc) is 3.30. The van der Waals surface area contributed by atoms with Crippen LogP contribution >= 0.6 is 11.3 Å². The van der Waals surface area contributed by atoms with Crippen molar-refractivity contribution in [2.45, 2.75) is 13.2 Å². The molecule has 0 saturated heterocycles. The van der Waals surface area contributed by atoms with Gasteiger partial charge in [0.1, 0.15) is 6.61 Å². The minimum Gasteiger partial charge on any atom is -0.493 e. The van der Waals surface area contributed by atoms with E-state index < -0.39 is 0 Å². The Hall–Kier alpha value is -3.32. The lowest BCUT2D eigenvalue weighted by atomic mass is 10.2. The molecule has 3 aromatic rings. The van der Waals surface area contributed by atoms with E-state index in [4.69, 9.17) is 9.47 Å². The van der Waals surface area contributed by atoms with Crippen LogP contribution in [0, 0.1) is 0 Å². The Kier molecular flexibility index (Phi) is 7.24. The number of carbonyl (C=O) groups is 2. The van der Waals surface area contributed by atoms with Crippen molar-refractivity contribution < 1.29 is 19.1 Å². The molecule has 3 rings (SSSR count). The fourth-order valence-corrected chi connectivity index (χ4v) is 3.23. The number of hydrogen-bond donors (Lipinski definition) is 2. The summed E-state index contributed by atoms with van der Waals surface area (Å²) in [5, 5.41) is 8.93. The number of hydrogen-bond acceptors (Lipinski definition) is 5. The van der Waals surface area contributed by atoms with Crippen LogP contribution in [0.2, 0.25) is 0 Å². The van der Waals surface area contributed by atoms with Crippen LogP contribution in [0.5, 0.6) is 11.5 Å². The van der Waals surface area contributed by atoms with Crippen LogP contribution in [0.1, 0.15) is 21.5 Å². The summed E-state index contributed by atoms with van der Waals surface area (Å²) in [7, 11) is 1.58. The standard InChI is InChI=1S/C22H22N2O4S/c1-27-20-11-17(7-8-19(20)28-14-16-5-3-2-4-6-16)12-23-21(25)13-24-22(26)18-9-10-29-15-18/h2-11,15H,12-14H2,1H3,(H,23,25)(H,24,26). The molecule has 0 saturated carbocycles. The third-order valence-corrected chi connectivity index (χ3v) is 4.83. The largest absolute Gasteiger partial charge is 0.493 e. The molecule has 0 aliphatic heterocycles. The van der Waals surface area contributed by atoms with Crippen molar-refractivity contribution >= 4 is 23.2 Å². The van der Waals surface area contributed by atoms with Crippen molar-refractivity contribution in [3.63, 3.8) is 0 Å². The molecule has 1 heterocycles. The number of thiophene rings is 1. The quantitative estimate of drug-likeness (QED) is 0.567. The second-order valence-corrected chi connectivity index (χ2v) is 7.01. The monoisotopic (exact) mass is 410 g/mol. The van der Waals surface area contributed by atoms with Gasteiger partial charge in [-0.25, -0.2) is 0 Å². The fraction of sp³-hybridized carbons (Fsp3) is 0.182. The van der Waals surface area contributed by atoms with E-state index in [0.29, 0.717) is 30.2 Å².